The molecule has 50 heavy (non-hydrogen) atoms. The van der Waals surface area contributed by atoms with Crippen LogP contribution < -0.4 is 5.32 Å². The Morgan fingerprint density at radius 1 is 0.880 bits per heavy atom. The number of phosphoric ester groups is 1. The summed E-state index contributed by atoms with van der Waals surface area (Å²) >= 11 is 0. The molecule has 6 rings (SSSR count). The Hall–Kier alpha value is -4.33. The van der Waals surface area contributed by atoms with Gasteiger partial charge in [-0.05, 0) is 51.0 Å². The number of carbonyl (C=O) groups excluding carboxylic acids is 1. The number of ether oxygens (including phenoxy) is 3. The van der Waals surface area contributed by atoms with Crippen molar-refractivity contribution in [1.29, 1.82) is 0 Å². The number of benzene rings is 3. The highest BCUT2D eigenvalue weighted by atomic mass is 31.2. The predicted molar refractivity (Wildman–Crippen MR) is 185 cm³/mol. The van der Waals surface area contributed by atoms with Gasteiger partial charge in [0.2, 0.25) is 0 Å². The highest BCUT2D eigenvalue weighted by molar-refractivity contribution is 7.48. The summed E-state index contributed by atoms with van der Waals surface area (Å²) in [4.78, 5) is 26.3. The van der Waals surface area contributed by atoms with Crippen LogP contribution in [0.5, 0.6) is 0 Å². The molecule has 1 fully saturated rings. The van der Waals surface area contributed by atoms with E-state index in [1.807, 2.05) is 87.5 Å². The predicted octanol–water partition coefficient (Wildman–Crippen LogP) is 7.08. The molecule has 0 saturated carbocycles. The molecule has 1 amide bonds. The van der Waals surface area contributed by atoms with E-state index in [9.17, 15) is 9.36 Å². The first-order valence-electron chi connectivity index (χ1n) is 16.3. The number of anilines is 1. The van der Waals surface area contributed by atoms with Crippen LogP contribution in [-0.2, 0) is 45.6 Å². The van der Waals surface area contributed by atoms with Gasteiger partial charge in [0.15, 0.2) is 29.0 Å². The smallest absolute Gasteiger partial charge is 0.350 e. The topological polar surface area (TPSA) is 145 Å². The van der Waals surface area contributed by atoms with Crippen LogP contribution in [0.15, 0.2) is 104 Å². The third-order valence-corrected chi connectivity index (χ3v) is 9.19. The van der Waals surface area contributed by atoms with Gasteiger partial charge in [0.1, 0.15) is 12.4 Å². The van der Waals surface area contributed by atoms with Crippen molar-refractivity contribution >= 4 is 30.7 Å². The van der Waals surface area contributed by atoms with Crippen LogP contribution in [0.1, 0.15) is 55.4 Å². The summed E-state index contributed by atoms with van der Waals surface area (Å²) in [6.07, 6.45) is 0.386. The molecule has 14 heteroatoms. The molecule has 3 heterocycles. The number of hydrogen-bond donors (Lipinski definition) is 1. The Labute approximate surface area is 290 Å². The average Bonchev–Trinajstić information content (AvgIpc) is 3.69. The van der Waals surface area contributed by atoms with Gasteiger partial charge in [0.05, 0.1) is 38.4 Å². The number of phosphoric acid groups is 1. The molecule has 3 aromatic carbocycles. The minimum absolute atomic E-state index is 0.0223. The molecule has 4 atom stereocenters. The summed E-state index contributed by atoms with van der Waals surface area (Å²) in [5.41, 5.74) is 2.84. The van der Waals surface area contributed by atoms with Crippen molar-refractivity contribution in [2.45, 2.75) is 71.2 Å². The van der Waals surface area contributed by atoms with Gasteiger partial charge >= 0.3 is 7.82 Å². The molecule has 0 bridgehead atoms. The highest BCUT2D eigenvalue weighted by Gasteiger charge is 2.45. The van der Waals surface area contributed by atoms with Crippen LogP contribution in [0, 0.1) is 0 Å². The van der Waals surface area contributed by atoms with Crippen LogP contribution in [-0.4, -0.2) is 56.1 Å². The Morgan fingerprint density at radius 3 is 2.06 bits per heavy atom. The fourth-order valence-corrected chi connectivity index (χ4v) is 6.73. The molecule has 3 unspecified atom stereocenters. The van der Waals surface area contributed by atoms with Crippen LogP contribution in [0.3, 0.4) is 0 Å². The largest absolute Gasteiger partial charge is 0.475 e. The fraction of sp³-hybridized carbons (Fsp3) is 0.333. The van der Waals surface area contributed by atoms with Crippen LogP contribution in [0.2, 0.25) is 0 Å². The molecular weight excluding hydrogens is 661 g/mol. The van der Waals surface area contributed by atoms with Crippen molar-refractivity contribution in [2.75, 3.05) is 11.9 Å². The molecule has 1 aliphatic rings. The van der Waals surface area contributed by atoms with E-state index in [4.69, 9.17) is 27.8 Å². The molecule has 262 valence electrons. The normalized spacial score (nSPS) is 18.6. The highest BCUT2D eigenvalue weighted by Crippen LogP contribution is 2.51. The number of aromatic nitrogens is 4. The molecule has 13 nitrogen and oxygen atoms in total. The van der Waals surface area contributed by atoms with Gasteiger partial charge in [0, 0.05) is 5.56 Å². The molecule has 1 saturated heterocycles. The number of nitrogens with zero attached hydrogens (tertiary/aromatic N) is 4. The van der Waals surface area contributed by atoms with E-state index in [0.717, 1.165) is 11.1 Å². The first kappa shape index (κ1) is 35.5. The van der Waals surface area contributed by atoms with Crippen molar-refractivity contribution in [3.63, 3.8) is 0 Å². The molecule has 0 radical (unpaired) electrons. The average molecular weight is 702 g/mol. The Kier molecular flexibility index (Phi) is 11.1. The molecule has 0 spiro atoms. The number of nitrogens with one attached hydrogen (secondary N) is 1. The number of carbonyl (C=O) groups is 1. The van der Waals surface area contributed by atoms with Crippen molar-refractivity contribution in [3.05, 3.63) is 120 Å². The Bertz CT molecular complexity index is 1860. The number of rotatable bonds is 15. The maximum Gasteiger partial charge on any atom is 0.475 e. The summed E-state index contributed by atoms with van der Waals surface area (Å²) in [6, 6.07) is 27.5. The number of fused-ring (bicyclic) bond motifs is 1. The maximum absolute atomic E-state index is 13.9. The molecule has 5 aromatic rings. The van der Waals surface area contributed by atoms with Gasteiger partial charge in [0.25, 0.3) is 5.91 Å². The lowest BCUT2D eigenvalue weighted by atomic mass is 10.2. The monoisotopic (exact) mass is 701 g/mol. The lowest BCUT2D eigenvalue weighted by Gasteiger charge is -2.30. The fourth-order valence-electron chi connectivity index (χ4n) is 5.50. The molecule has 2 aromatic heterocycles. The van der Waals surface area contributed by atoms with E-state index in [0.29, 0.717) is 16.7 Å². The van der Waals surface area contributed by atoms with Crippen LogP contribution in [0.25, 0.3) is 11.2 Å². The zero-order valence-corrected chi connectivity index (χ0v) is 29.1. The van der Waals surface area contributed by atoms with Gasteiger partial charge in [-0.3, -0.25) is 22.9 Å². The first-order valence-corrected chi connectivity index (χ1v) is 17.7. The van der Waals surface area contributed by atoms with Crippen molar-refractivity contribution < 1.29 is 37.1 Å². The third-order valence-electron chi connectivity index (χ3n) is 7.84. The van der Waals surface area contributed by atoms with Gasteiger partial charge in [-0.25, -0.2) is 19.5 Å². The minimum Gasteiger partial charge on any atom is -0.350 e. The standard InChI is InChI=1S/C36H40N5O8P/c1-25(20-44-50(43,45-21-27-14-8-5-9-15-27)46-22-28-16-10-6-11-17-28)47-35(31-26(2)48-36(3,4)49-31)41-24-39-30-32(37-23-38-33(30)41)40-34(42)29-18-12-7-13-19-29/h5-19,23-26,31,35H,20-22H2,1-4H3,(H,37,38,40,42)/t25?,26-,31?,35?/m0/s1. The zero-order chi connectivity index (χ0) is 35.1. The second kappa shape index (κ2) is 15.7. The van der Waals surface area contributed by atoms with E-state index >= 15 is 0 Å². The first-order chi connectivity index (χ1) is 24.1. The summed E-state index contributed by atoms with van der Waals surface area (Å²) in [5.74, 6) is -0.991. The van der Waals surface area contributed by atoms with Crippen molar-refractivity contribution in [1.82, 2.24) is 19.5 Å². The van der Waals surface area contributed by atoms with Gasteiger partial charge in [-0.1, -0.05) is 78.9 Å². The van der Waals surface area contributed by atoms with Crippen molar-refractivity contribution in [3.8, 4) is 0 Å². The second-order valence-corrected chi connectivity index (χ2v) is 13.9. The van der Waals surface area contributed by atoms with E-state index in [2.05, 4.69) is 20.3 Å². The number of imidazole rings is 1. The third kappa shape index (κ3) is 8.87. The van der Waals surface area contributed by atoms with Gasteiger partial charge in [-0.15, -0.1) is 0 Å². The SMILES string of the molecule is CC(COP(=O)(OCc1ccccc1)OCc1ccccc1)OC(C1OC(C)(C)O[C@H]1C)n1cnc2c(NC(=O)c3ccccc3)ncnc21. The summed E-state index contributed by atoms with van der Waals surface area (Å²) in [7, 11) is -4.07. The Balaban J connectivity index is 1.22. The molecular formula is C36H40N5O8P. The maximum atomic E-state index is 13.9. The molecule has 1 aliphatic heterocycles. The van der Waals surface area contributed by atoms with E-state index < -0.39 is 38.1 Å². The lowest BCUT2D eigenvalue weighted by Crippen LogP contribution is -2.36. The van der Waals surface area contributed by atoms with Gasteiger partial charge in [-0.2, -0.15) is 0 Å². The molecule has 0 aliphatic carbocycles. The van der Waals surface area contributed by atoms with E-state index in [1.54, 1.807) is 42.1 Å². The summed E-state index contributed by atoms with van der Waals surface area (Å²) in [6.45, 7) is 7.20. The quantitative estimate of drug-likeness (QED) is 0.112. The van der Waals surface area contributed by atoms with Gasteiger partial charge < -0.3 is 19.5 Å². The summed E-state index contributed by atoms with van der Waals surface area (Å²) in [5, 5.41) is 2.83. The lowest BCUT2D eigenvalue weighted by molar-refractivity contribution is -0.178. The Morgan fingerprint density at radius 2 is 1.48 bits per heavy atom. The van der Waals surface area contributed by atoms with E-state index in [-0.39, 0.29) is 31.5 Å². The number of hydrogen-bond acceptors (Lipinski definition) is 11. The zero-order valence-electron chi connectivity index (χ0n) is 28.2. The van der Waals surface area contributed by atoms with Crippen LogP contribution >= 0.6 is 7.82 Å². The summed E-state index contributed by atoms with van der Waals surface area (Å²) < 4.78 is 52.1. The molecule has 1 N–H and O–H groups in total. The van der Waals surface area contributed by atoms with Crippen LogP contribution in [0.4, 0.5) is 5.82 Å². The number of amides is 1. The van der Waals surface area contributed by atoms with Crippen molar-refractivity contribution in [2.24, 2.45) is 0 Å². The minimum atomic E-state index is -4.07. The van der Waals surface area contributed by atoms with E-state index in [1.165, 1.54) is 6.33 Å². The second-order valence-electron chi connectivity index (χ2n) is 12.3.